The summed E-state index contributed by atoms with van der Waals surface area (Å²) in [5.74, 6) is -1.25. The van der Waals surface area contributed by atoms with E-state index in [-0.39, 0.29) is 10.5 Å². The summed E-state index contributed by atoms with van der Waals surface area (Å²) >= 11 is 1.16. The first kappa shape index (κ1) is 22.4. The molecule has 0 spiro atoms. The third-order valence-electron chi connectivity index (χ3n) is 4.23. The molecule has 0 fully saturated rings. The van der Waals surface area contributed by atoms with Gasteiger partial charge in [-0.3, -0.25) is 0 Å². The first-order chi connectivity index (χ1) is 14.7. The Balaban J connectivity index is 1.99. The van der Waals surface area contributed by atoms with E-state index in [1.54, 1.807) is 24.3 Å². The highest BCUT2D eigenvalue weighted by Crippen LogP contribution is 2.39. The molecule has 31 heavy (non-hydrogen) atoms. The van der Waals surface area contributed by atoms with Gasteiger partial charge in [-0.25, -0.2) is 18.4 Å². The van der Waals surface area contributed by atoms with Gasteiger partial charge in [-0.2, -0.15) is 0 Å². The molecule has 0 aliphatic rings. The van der Waals surface area contributed by atoms with Crippen LogP contribution in [0.3, 0.4) is 0 Å². The molecular formula is C22H21N3O4S2. The van der Waals surface area contributed by atoms with Crippen molar-refractivity contribution in [3.63, 3.8) is 0 Å². The molecule has 0 heterocycles. The Kier molecular flexibility index (Phi) is 7.01. The lowest BCUT2D eigenvalue weighted by Crippen LogP contribution is -2.16. The van der Waals surface area contributed by atoms with Crippen LogP contribution in [0.2, 0.25) is 0 Å². The minimum absolute atomic E-state index is 0.180. The van der Waals surface area contributed by atoms with Crippen LogP contribution >= 0.6 is 11.8 Å². The number of hydrogen-bond donors (Lipinski definition) is 4. The fourth-order valence-corrected chi connectivity index (χ4v) is 4.80. The van der Waals surface area contributed by atoms with Crippen LogP contribution in [-0.4, -0.2) is 26.0 Å². The van der Waals surface area contributed by atoms with Crippen LogP contribution in [0.1, 0.15) is 15.9 Å². The zero-order chi connectivity index (χ0) is 22.4. The van der Waals surface area contributed by atoms with Crippen molar-refractivity contribution in [2.75, 3.05) is 17.6 Å². The molecule has 0 atom stereocenters. The second kappa shape index (κ2) is 9.69. The van der Waals surface area contributed by atoms with Crippen molar-refractivity contribution in [1.82, 2.24) is 0 Å². The molecule has 6 N–H and O–H groups in total. The first-order valence-corrected chi connectivity index (χ1v) is 11.5. The SMILES string of the molecule is Nc1ccc(Sc2c(NC/C=C/c3ccccc3)cc(C(=O)O)cc2S(N)(=O)=O)cc1. The molecule has 0 unspecified atom stereocenters. The van der Waals surface area contributed by atoms with Gasteiger partial charge in [-0.15, -0.1) is 0 Å². The molecule has 0 aliphatic heterocycles. The quantitative estimate of drug-likeness (QED) is 0.378. The molecule has 0 saturated heterocycles. The van der Waals surface area contributed by atoms with E-state index < -0.39 is 16.0 Å². The number of primary sulfonamides is 1. The van der Waals surface area contributed by atoms with Crippen LogP contribution in [0, 0.1) is 0 Å². The molecule has 0 saturated carbocycles. The molecule has 0 radical (unpaired) electrons. The highest BCUT2D eigenvalue weighted by atomic mass is 32.2. The molecule has 9 heteroatoms. The van der Waals surface area contributed by atoms with Gasteiger partial charge in [0.25, 0.3) is 0 Å². The number of hydrogen-bond acceptors (Lipinski definition) is 6. The number of nitrogens with one attached hydrogen (secondary N) is 1. The maximum atomic E-state index is 12.2. The third-order valence-corrected chi connectivity index (χ3v) is 6.44. The van der Waals surface area contributed by atoms with Crippen molar-refractivity contribution in [3.05, 3.63) is 83.9 Å². The molecule has 3 aromatic carbocycles. The number of nitrogen functional groups attached to an aromatic ring is 1. The Morgan fingerprint density at radius 2 is 1.74 bits per heavy atom. The van der Waals surface area contributed by atoms with Crippen molar-refractivity contribution in [2.24, 2.45) is 5.14 Å². The van der Waals surface area contributed by atoms with Crippen molar-refractivity contribution in [3.8, 4) is 0 Å². The van der Waals surface area contributed by atoms with Crippen LogP contribution in [0.4, 0.5) is 11.4 Å². The summed E-state index contributed by atoms with van der Waals surface area (Å²) in [5, 5.41) is 17.9. The van der Waals surface area contributed by atoms with E-state index in [9.17, 15) is 18.3 Å². The standard InChI is InChI=1S/C22H21N3O4S2/c23-17-8-10-18(11-9-17)30-21-19(25-12-4-7-15-5-2-1-3-6-15)13-16(22(26)27)14-20(21)31(24,28)29/h1-11,13-14,25H,12,23H2,(H,26,27)(H2,24,28,29)/b7-4+. The maximum Gasteiger partial charge on any atom is 0.335 e. The minimum Gasteiger partial charge on any atom is -0.478 e. The summed E-state index contributed by atoms with van der Waals surface area (Å²) in [5.41, 5.74) is 7.47. The Labute approximate surface area is 184 Å². The molecule has 0 aromatic heterocycles. The predicted molar refractivity (Wildman–Crippen MR) is 124 cm³/mol. The normalized spacial score (nSPS) is 11.5. The number of benzene rings is 3. The largest absolute Gasteiger partial charge is 0.478 e. The van der Waals surface area contributed by atoms with E-state index in [1.807, 2.05) is 42.5 Å². The Morgan fingerprint density at radius 3 is 2.35 bits per heavy atom. The van der Waals surface area contributed by atoms with Gasteiger partial charge < -0.3 is 16.2 Å². The number of carbonyl (C=O) groups is 1. The summed E-state index contributed by atoms with van der Waals surface area (Å²) in [6.45, 7) is 0.345. The molecule has 0 amide bonds. The third kappa shape index (κ3) is 6.11. The predicted octanol–water partition coefficient (Wildman–Crippen LogP) is 3.89. The van der Waals surface area contributed by atoms with Crippen LogP contribution in [0.25, 0.3) is 6.08 Å². The maximum absolute atomic E-state index is 12.2. The van der Waals surface area contributed by atoms with Gasteiger partial charge in [-0.1, -0.05) is 54.2 Å². The van der Waals surface area contributed by atoms with Crippen molar-refractivity contribution in [1.29, 1.82) is 0 Å². The zero-order valence-corrected chi connectivity index (χ0v) is 18.0. The van der Waals surface area contributed by atoms with E-state index in [0.717, 1.165) is 28.3 Å². The lowest BCUT2D eigenvalue weighted by Gasteiger charge is -2.16. The molecule has 3 aromatic rings. The summed E-state index contributed by atoms with van der Waals surface area (Å²) in [4.78, 5) is 12.3. The van der Waals surface area contributed by atoms with Gasteiger partial charge in [0, 0.05) is 17.1 Å². The van der Waals surface area contributed by atoms with Crippen LogP contribution in [-0.2, 0) is 10.0 Å². The molecule has 3 rings (SSSR count). The number of anilines is 2. The Hall–Kier alpha value is -3.27. The van der Waals surface area contributed by atoms with E-state index in [1.165, 1.54) is 6.07 Å². The average molecular weight is 456 g/mol. The van der Waals surface area contributed by atoms with Crippen molar-refractivity contribution >= 4 is 45.2 Å². The monoisotopic (exact) mass is 455 g/mol. The highest BCUT2D eigenvalue weighted by molar-refractivity contribution is 8.00. The fourth-order valence-electron chi connectivity index (χ4n) is 2.76. The van der Waals surface area contributed by atoms with Gasteiger partial charge in [0.2, 0.25) is 10.0 Å². The lowest BCUT2D eigenvalue weighted by atomic mass is 10.2. The summed E-state index contributed by atoms with van der Waals surface area (Å²) in [6.07, 6.45) is 3.76. The average Bonchev–Trinajstić information content (AvgIpc) is 2.73. The summed E-state index contributed by atoms with van der Waals surface area (Å²) in [7, 11) is -4.18. The molecule has 0 aliphatic carbocycles. The Bertz CT molecular complexity index is 1210. The van der Waals surface area contributed by atoms with E-state index >= 15 is 0 Å². The van der Waals surface area contributed by atoms with Gasteiger partial charge in [0.15, 0.2) is 0 Å². The molecule has 160 valence electrons. The topological polar surface area (TPSA) is 136 Å². The van der Waals surface area contributed by atoms with E-state index in [2.05, 4.69) is 5.32 Å². The second-order valence-corrected chi connectivity index (χ2v) is 9.18. The number of aromatic carboxylic acids is 1. The zero-order valence-electron chi connectivity index (χ0n) is 16.4. The molecule has 7 nitrogen and oxygen atoms in total. The van der Waals surface area contributed by atoms with Crippen molar-refractivity contribution < 1.29 is 18.3 Å². The van der Waals surface area contributed by atoms with Gasteiger partial charge in [0.05, 0.1) is 21.0 Å². The van der Waals surface area contributed by atoms with Crippen LogP contribution < -0.4 is 16.2 Å². The van der Waals surface area contributed by atoms with Crippen molar-refractivity contribution in [2.45, 2.75) is 14.7 Å². The number of nitrogens with two attached hydrogens (primary N) is 2. The highest BCUT2D eigenvalue weighted by Gasteiger charge is 2.22. The van der Waals surface area contributed by atoms with Crippen LogP contribution in [0.15, 0.2) is 87.5 Å². The summed E-state index contributed by atoms with van der Waals surface area (Å²) < 4.78 is 24.5. The van der Waals surface area contributed by atoms with Gasteiger partial charge >= 0.3 is 5.97 Å². The molecular weight excluding hydrogens is 434 g/mol. The van der Waals surface area contributed by atoms with Crippen LogP contribution in [0.5, 0.6) is 0 Å². The lowest BCUT2D eigenvalue weighted by molar-refractivity contribution is 0.0696. The van der Waals surface area contributed by atoms with Gasteiger partial charge in [0.1, 0.15) is 0 Å². The fraction of sp³-hybridized carbons (Fsp3) is 0.0455. The van der Waals surface area contributed by atoms with E-state index in [0.29, 0.717) is 22.8 Å². The Morgan fingerprint density at radius 1 is 1.06 bits per heavy atom. The molecule has 0 bridgehead atoms. The number of sulfonamides is 1. The first-order valence-electron chi connectivity index (χ1n) is 9.17. The van der Waals surface area contributed by atoms with E-state index in [4.69, 9.17) is 10.9 Å². The minimum atomic E-state index is -4.18. The van der Waals surface area contributed by atoms with Gasteiger partial charge in [-0.05, 0) is 42.0 Å². The smallest absolute Gasteiger partial charge is 0.335 e. The second-order valence-electron chi connectivity index (χ2n) is 6.57. The number of rotatable bonds is 8. The number of carboxylic acids is 1. The summed E-state index contributed by atoms with van der Waals surface area (Å²) in [6, 6.07) is 19.0. The number of carboxylic acid groups (broad SMARTS) is 1.